The minimum Gasteiger partial charge on any atom is -0.480 e. The third-order valence-corrected chi connectivity index (χ3v) is 5.06. The van der Waals surface area contributed by atoms with Crippen molar-refractivity contribution in [2.75, 3.05) is 18.0 Å². The van der Waals surface area contributed by atoms with E-state index in [1.165, 1.54) is 0 Å². The summed E-state index contributed by atoms with van der Waals surface area (Å²) in [5.41, 5.74) is 5.98. The van der Waals surface area contributed by atoms with Gasteiger partial charge in [0.15, 0.2) is 0 Å². The van der Waals surface area contributed by atoms with Crippen molar-refractivity contribution in [1.82, 2.24) is 0 Å². The van der Waals surface area contributed by atoms with Crippen molar-refractivity contribution >= 4 is 42.8 Å². The standard InChI is InChI=1S/C16H24BClN2O4.ClH/c18-13-3-5-14(6-4-13)20-10-7-12(11-20)16(19,15(21)22)8-1-2-9-17(23)24;/h3-6,12,23-24H,1-2,7-11,19H2,(H,21,22);1H. The summed E-state index contributed by atoms with van der Waals surface area (Å²) in [6.07, 6.45) is 2.37. The lowest BCUT2D eigenvalue weighted by Crippen LogP contribution is -2.55. The predicted octanol–water partition coefficient (Wildman–Crippen LogP) is 2.01. The zero-order chi connectivity index (χ0) is 17.7. The van der Waals surface area contributed by atoms with Crippen LogP contribution < -0.4 is 10.6 Å². The van der Waals surface area contributed by atoms with Gasteiger partial charge in [-0.25, -0.2) is 0 Å². The number of unbranched alkanes of at least 4 members (excludes halogenated alkanes) is 1. The van der Waals surface area contributed by atoms with Gasteiger partial charge in [-0.15, -0.1) is 12.4 Å². The van der Waals surface area contributed by atoms with Gasteiger partial charge in [0, 0.05) is 29.7 Å². The maximum Gasteiger partial charge on any atom is 0.451 e. The van der Waals surface area contributed by atoms with Crippen LogP contribution in [-0.4, -0.2) is 46.9 Å². The predicted molar refractivity (Wildman–Crippen MR) is 102 cm³/mol. The molecule has 0 aromatic heterocycles. The second-order valence-electron chi connectivity index (χ2n) is 6.48. The van der Waals surface area contributed by atoms with Crippen LogP contribution in [0.2, 0.25) is 11.3 Å². The number of halogens is 2. The Bertz CT molecular complexity index is 562. The molecule has 2 atom stereocenters. The Labute approximate surface area is 159 Å². The van der Waals surface area contributed by atoms with E-state index in [1.807, 2.05) is 24.3 Å². The molecule has 2 rings (SSSR count). The first-order valence-corrected chi connectivity index (χ1v) is 8.59. The van der Waals surface area contributed by atoms with Gasteiger partial charge in [0.05, 0.1) is 0 Å². The van der Waals surface area contributed by atoms with Crippen LogP contribution in [0, 0.1) is 5.92 Å². The molecule has 0 radical (unpaired) electrons. The highest BCUT2D eigenvalue weighted by molar-refractivity contribution is 6.40. The zero-order valence-electron chi connectivity index (χ0n) is 14.0. The lowest BCUT2D eigenvalue weighted by Gasteiger charge is -2.31. The number of benzene rings is 1. The molecule has 0 spiro atoms. The van der Waals surface area contributed by atoms with Gasteiger partial charge in [-0.2, -0.15) is 0 Å². The molecule has 0 saturated carbocycles. The number of carboxylic acids is 1. The highest BCUT2D eigenvalue weighted by Gasteiger charge is 2.44. The van der Waals surface area contributed by atoms with Crippen LogP contribution in [0.15, 0.2) is 24.3 Å². The average molecular weight is 391 g/mol. The number of anilines is 1. The number of carbonyl (C=O) groups is 1. The highest BCUT2D eigenvalue weighted by atomic mass is 35.5. The number of rotatable bonds is 8. The Morgan fingerprint density at radius 1 is 1.32 bits per heavy atom. The molecule has 5 N–H and O–H groups in total. The maximum atomic E-state index is 11.8. The Kier molecular flexibility index (Phi) is 8.51. The Morgan fingerprint density at radius 3 is 2.52 bits per heavy atom. The SMILES string of the molecule is Cl.NC(CCCCB(O)O)(C(=O)O)C1CCN(c2ccc(Cl)cc2)C1. The van der Waals surface area contributed by atoms with Crippen LogP contribution in [0.3, 0.4) is 0 Å². The smallest absolute Gasteiger partial charge is 0.451 e. The van der Waals surface area contributed by atoms with Crippen molar-refractivity contribution in [3.63, 3.8) is 0 Å². The van der Waals surface area contributed by atoms with Crippen LogP contribution in [0.5, 0.6) is 0 Å². The number of carboxylic acid groups (broad SMARTS) is 1. The number of hydrogen-bond donors (Lipinski definition) is 4. The topological polar surface area (TPSA) is 107 Å². The summed E-state index contributed by atoms with van der Waals surface area (Å²) in [5, 5.41) is 28.1. The van der Waals surface area contributed by atoms with Gasteiger partial charge in [-0.1, -0.05) is 24.4 Å². The quantitative estimate of drug-likeness (QED) is 0.399. The normalized spacial score (nSPS) is 19.2. The summed E-state index contributed by atoms with van der Waals surface area (Å²) < 4.78 is 0. The first-order valence-electron chi connectivity index (χ1n) is 8.22. The summed E-state index contributed by atoms with van der Waals surface area (Å²) in [4.78, 5) is 13.9. The molecule has 25 heavy (non-hydrogen) atoms. The third-order valence-electron chi connectivity index (χ3n) is 4.81. The molecule has 0 bridgehead atoms. The van der Waals surface area contributed by atoms with Gasteiger partial charge >= 0.3 is 13.1 Å². The van der Waals surface area contributed by atoms with E-state index >= 15 is 0 Å². The Morgan fingerprint density at radius 2 is 1.96 bits per heavy atom. The summed E-state index contributed by atoms with van der Waals surface area (Å²) in [6, 6.07) is 7.48. The van der Waals surface area contributed by atoms with Gasteiger partial charge in [0.2, 0.25) is 0 Å². The molecule has 1 fully saturated rings. The second-order valence-corrected chi connectivity index (χ2v) is 6.92. The molecule has 1 aromatic carbocycles. The Hall–Kier alpha value is -0.985. The molecule has 0 amide bonds. The molecule has 1 aliphatic rings. The van der Waals surface area contributed by atoms with E-state index in [0.29, 0.717) is 37.3 Å². The molecule has 1 saturated heterocycles. The third kappa shape index (κ3) is 5.76. The Balaban J connectivity index is 0.00000312. The van der Waals surface area contributed by atoms with E-state index in [-0.39, 0.29) is 24.6 Å². The number of aliphatic carboxylic acids is 1. The van der Waals surface area contributed by atoms with Crippen LogP contribution in [0.1, 0.15) is 25.7 Å². The molecular formula is C16H25BCl2N2O4. The van der Waals surface area contributed by atoms with E-state index in [9.17, 15) is 9.90 Å². The van der Waals surface area contributed by atoms with Crippen LogP contribution in [0.4, 0.5) is 5.69 Å². The number of nitrogens with zero attached hydrogens (tertiary/aromatic N) is 1. The van der Waals surface area contributed by atoms with Crippen LogP contribution >= 0.6 is 24.0 Å². The van der Waals surface area contributed by atoms with Gasteiger partial charge in [-0.3, -0.25) is 4.79 Å². The molecule has 0 aliphatic carbocycles. The maximum absolute atomic E-state index is 11.8. The van der Waals surface area contributed by atoms with Crippen molar-refractivity contribution in [3.05, 3.63) is 29.3 Å². The van der Waals surface area contributed by atoms with Crippen molar-refractivity contribution < 1.29 is 19.9 Å². The van der Waals surface area contributed by atoms with Gasteiger partial charge < -0.3 is 25.8 Å². The fourth-order valence-electron chi connectivity index (χ4n) is 3.30. The molecule has 6 nitrogen and oxygen atoms in total. The summed E-state index contributed by atoms with van der Waals surface area (Å²) in [7, 11) is -1.35. The monoisotopic (exact) mass is 390 g/mol. The number of nitrogens with two attached hydrogens (primary N) is 1. The molecular weight excluding hydrogens is 366 g/mol. The molecule has 1 aliphatic heterocycles. The van der Waals surface area contributed by atoms with Crippen molar-refractivity contribution in [2.45, 2.75) is 37.5 Å². The van der Waals surface area contributed by atoms with E-state index in [0.717, 1.165) is 12.2 Å². The fourth-order valence-corrected chi connectivity index (χ4v) is 3.42. The first kappa shape index (κ1) is 22.1. The molecule has 9 heteroatoms. The van der Waals surface area contributed by atoms with E-state index < -0.39 is 18.6 Å². The van der Waals surface area contributed by atoms with Gasteiger partial charge in [0.25, 0.3) is 0 Å². The first-order chi connectivity index (χ1) is 11.3. The summed E-state index contributed by atoms with van der Waals surface area (Å²) >= 11 is 5.90. The van der Waals surface area contributed by atoms with Gasteiger partial charge in [0.1, 0.15) is 5.54 Å². The lowest BCUT2D eigenvalue weighted by atomic mass is 9.77. The van der Waals surface area contributed by atoms with Crippen LogP contribution in [0.25, 0.3) is 0 Å². The fraction of sp³-hybridized carbons (Fsp3) is 0.562. The van der Waals surface area contributed by atoms with E-state index in [1.54, 1.807) is 0 Å². The van der Waals surface area contributed by atoms with Gasteiger partial charge in [-0.05, 0) is 43.4 Å². The zero-order valence-corrected chi connectivity index (χ0v) is 15.5. The highest BCUT2D eigenvalue weighted by Crippen LogP contribution is 2.33. The summed E-state index contributed by atoms with van der Waals surface area (Å²) in [5.74, 6) is -1.14. The van der Waals surface area contributed by atoms with Crippen molar-refractivity contribution in [3.8, 4) is 0 Å². The lowest BCUT2D eigenvalue weighted by molar-refractivity contribution is -0.145. The molecule has 1 aromatic rings. The van der Waals surface area contributed by atoms with Crippen molar-refractivity contribution in [2.24, 2.45) is 11.7 Å². The van der Waals surface area contributed by atoms with Crippen molar-refractivity contribution in [1.29, 1.82) is 0 Å². The molecule has 1 heterocycles. The largest absolute Gasteiger partial charge is 0.480 e. The summed E-state index contributed by atoms with van der Waals surface area (Å²) in [6.45, 7) is 1.35. The molecule has 2 unspecified atom stereocenters. The van der Waals surface area contributed by atoms with E-state index in [4.69, 9.17) is 27.4 Å². The average Bonchev–Trinajstić information content (AvgIpc) is 3.02. The molecule has 140 valence electrons. The minimum absolute atomic E-state index is 0. The van der Waals surface area contributed by atoms with Crippen LogP contribution in [-0.2, 0) is 4.79 Å². The van der Waals surface area contributed by atoms with E-state index in [2.05, 4.69) is 4.90 Å². The minimum atomic E-state index is -1.35. The second kappa shape index (κ2) is 9.64. The number of hydrogen-bond acceptors (Lipinski definition) is 5.